The van der Waals surface area contributed by atoms with Crippen molar-refractivity contribution >= 4 is 23.2 Å². The molecule has 0 bridgehead atoms. The van der Waals surface area contributed by atoms with Crippen molar-refractivity contribution in [1.82, 2.24) is 4.90 Å². The Hall–Kier alpha value is -1.53. The van der Waals surface area contributed by atoms with Crippen LogP contribution in [0.5, 0.6) is 0 Å². The highest BCUT2D eigenvalue weighted by Gasteiger charge is 2.31. The van der Waals surface area contributed by atoms with Crippen molar-refractivity contribution in [3.05, 3.63) is 71.3 Å². The van der Waals surface area contributed by atoms with Crippen molar-refractivity contribution in [1.29, 1.82) is 5.26 Å². The lowest BCUT2D eigenvalue weighted by Gasteiger charge is -2.32. The Morgan fingerprint density at radius 3 is 2.14 bits per heavy atom. The van der Waals surface area contributed by atoms with Gasteiger partial charge in [0, 0.05) is 30.1 Å². The summed E-state index contributed by atoms with van der Waals surface area (Å²) in [6.07, 6.45) is 5.57. The van der Waals surface area contributed by atoms with Crippen molar-refractivity contribution in [3.63, 3.8) is 0 Å². The van der Waals surface area contributed by atoms with Crippen LogP contribution in [0.2, 0.25) is 0 Å². The largest absolute Gasteiger partial charge is 0.302 e. The number of aryl methyl sites for hydroxylation is 1. The molecule has 0 radical (unpaired) electrons. The summed E-state index contributed by atoms with van der Waals surface area (Å²) in [4.78, 5) is 2.39. The van der Waals surface area contributed by atoms with Crippen LogP contribution >= 0.6 is 23.2 Å². The van der Waals surface area contributed by atoms with Crippen LogP contribution in [0.4, 0.5) is 0 Å². The van der Waals surface area contributed by atoms with Gasteiger partial charge >= 0.3 is 0 Å². The molecule has 0 saturated heterocycles. The summed E-state index contributed by atoms with van der Waals surface area (Å²) < 4.78 is 0. The number of hydrogen-bond donors (Lipinski definition) is 0. The molecule has 1 aliphatic rings. The number of hydrogen-bond acceptors (Lipinski definition) is 2. The molecule has 0 spiro atoms. The molecule has 2 aromatic rings. The van der Waals surface area contributed by atoms with Crippen molar-refractivity contribution in [2.24, 2.45) is 0 Å². The van der Waals surface area contributed by atoms with Crippen LogP contribution < -0.4 is 0 Å². The van der Waals surface area contributed by atoms with Crippen molar-refractivity contribution in [2.45, 2.75) is 62.2 Å². The Balaban J connectivity index is 0.000000941. The van der Waals surface area contributed by atoms with E-state index in [2.05, 4.69) is 66.5 Å². The van der Waals surface area contributed by atoms with Gasteiger partial charge in [0.15, 0.2) is 0 Å². The summed E-state index contributed by atoms with van der Waals surface area (Å²) in [6.45, 7) is 3.54. The van der Waals surface area contributed by atoms with E-state index in [1.807, 2.05) is 0 Å². The SMILES string of the molecule is CC#N.CN(CCCc1ccc(C2C(Cl)CCCC2Cl)cc1)Cc1ccccc1. The fourth-order valence-electron chi connectivity index (χ4n) is 3.94. The van der Waals surface area contributed by atoms with Gasteiger partial charge < -0.3 is 4.90 Å². The zero-order valence-corrected chi connectivity index (χ0v) is 19.0. The zero-order valence-electron chi connectivity index (χ0n) is 17.5. The Labute approximate surface area is 186 Å². The molecule has 1 fully saturated rings. The van der Waals surface area contributed by atoms with E-state index >= 15 is 0 Å². The molecule has 156 valence electrons. The summed E-state index contributed by atoms with van der Waals surface area (Å²) in [5.41, 5.74) is 4.07. The molecule has 2 aromatic carbocycles. The van der Waals surface area contributed by atoms with Gasteiger partial charge in [0.25, 0.3) is 0 Å². The van der Waals surface area contributed by atoms with Crippen LogP contribution in [-0.2, 0) is 13.0 Å². The lowest BCUT2D eigenvalue weighted by Crippen LogP contribution is -2.27. The van der Waals surface area contributed by atoms with Gasteiger partial charge in [-0.15, -0.1) is 23.2 Å². The highest BCUT2D eigenvalue weighted by Crippen LogP contribution is 2.39. The lowest BCUT2D eigenvalue weighted by atomic mass is 9.83. The van der Waals surface area contributed by atoms with E-state index in [4.69, 9.17) is 28.5 Å². The summed E-state index contributed by atoms with van der Waals surface area (Å²) in [5, 5.41) is 7.66. The Morgan fingerprint density at radius 1 is 0.966 bits per heavy atom. The maximum absolute atomic E-state index is 7.32. The third kappa shape index (κ3) is 8.01. The minimum Gasteiger partial charge on any atom is -0.302 e. The van der Waals surface area contributed by atoms with Crippen molar-refractivity contribution in [3.8, 4) is 6.07 Å². The number of benzene rings is 2. The molecule has 1 saturated carbocycles. The normalized spacial score (nSPS) is 21.2. The lowest BCUT2D eigenvalue weighted by molar-refractivity contribution is 0.322. The molecule has 1 aliphatic carbocycles. The molecular formula is C25H32Cl2N2. The number of halogens is 2. The molecule has 0 aromatic heterocycles. The molecule has 4 heteroatoms. The van der Waals surface area contributed by atoms with Gasteiger partial charge in [-0.25, -0.2) is 0 Å². The third-order valence-electron chi connectivity index (χ3n) is 5.40. The van der Waals surface area contributed by atoms with E-state index in [1.54, 1.807) is 6.07 Å². The predicted octanol–water partition coefficient (Wildman–Crippen LogP) is 6.76. The van der Waals surface area contributed by atoms with E-state index in [-0.39, 0.29) is 16.7 Å². The number of nitrogens with zero attached hydrogens (tertiary/aromatic N) is 2. The first-order chi connectivity index (χ1) is 14.0. The zero-order chi connectivity index (χ0) is 21.1. The first-order valence-corrected chi connectivity index (χ1v) is 11.3. The second kappa shape index (κ2) is 12.9. The minimum absolute atomic E-state index is 0.170. The van der Waals surface area contributed by atoms with Gasteiger partial charge in [-0.3, -0.25) is 0 Å². The molecule has 0 heterocycles. The molecule has 0 amide bonds. The minimum atomic E-state index is 0.170. The highest BCUT2D eigenvalue weighted by molar-refractivity contribution is 6.24. The maximum atomic E-state index is 7.32. The molecule has 2 nitrogen and oxygen atoms in total. The Bertz CT molecular complexity index is 730. The van der Waals surface area contributed by atoms with Gasteiger partial charge in [-0.2, -0.15) is 5.26 Å². The van der Waals surface area contributed by atoms with Gasteiger partial charge in [0.1, 0.15) is 0 Å². The molecule has 3 rings (SSSR count). The van der Waals surface area contributed by atoms with Gasteiger partial charge in [-0.1, -0.05) is 61.0 Å². The number of rotatable bonds is 7. The molecule has 2 atom stereocenters. The number of alkyl halides is 2. The fourth-order valence-corrected chi connectivity index (χ4v) is 4.97. The summed E-state index contributed by atoms with van der Waals surface area (Å²) >= 11 is 13.1. The van der Waals surface area contributed by atoms with E-state index in [0.29, 0.717) is 0 Å². The van der Waals surface area contributed by atoms with Crippen LogP contribution in [0.25, 0.3) is 0 Å². The molecule has 29 heavy (non-hydrogen) atoms. The van der Waals surface area contributed by atoms with E-state index in [9.17, 15) is 0 Å². The quantitative estimate of drug-likeness (QED) is 0.453. The maximum Gasteiger partial charge on any atom is 0.0587 e. The summed E-state index contributed by atoms with van der Waals surface area (Å²) in [5.74, 6) is 0.290. The topological polar surface area (TPSA) is 27.0 Å². The van der Waals surface area contributed by atoms with Crippen molar-refractivity contribution < 1.29 is 0 Å². The van der Waals surface area contributed by atoms with Gasteiger partial charge in [0.05, 0.1) is 6.07 Å². The van der Waals surface area contributed by atoms with Crippen LogP contribution in [0, 0.1) is 11.3 Å². The summed E-state index contributed by atoms with van der Waals surface area (Å²) in [6, 6.07) is 21.4. The molecule has 2 unspecified atom stereocenters. The standard InChI is InChI=1S/C23H29Cl2N.C2H3N/c1-26(17-19-7-3-2-4-8-19)16-6-9-18-12-14-20(15-13-18)23-21(24)10-5-11-22(23)25;1-2-3/h2-4,7-8,12-15,21-23H,5-6,9-11,16-17H2,1H3;1H3. The molecule has 0 aliphatic heterocycles. The Morgan fingerprint density at radius 2 is 1.55 bits per heavy atom. The smallest absolute Gasteiger partial charge is 0.0587 e. The average Bonchev–Trinajstić information content (AvgIpc) is 2.70. The van der Waals surface area contributed by atoms with Crippen LogP contribution in [-0.4, -0.2) is 29.2 Å². The van der Waals surface area contributed by atoms with Crippen LogP contribution in [0.15, 0.2) is 54.6 Å². The highest BCUT2D eigenvalue weighted by atomic mass is 35.5. The first kappa shape index (κ1) is 23.7. The summed E-state index contributed by atoms with van der Waals surface area (Å²) in [7, 11) is 2.19. The fraction of sp³-hybridized carbons (Fsp3) is 0.480. The van der Waals surface area contributed by atoms with Crippen molar-refractivity contribution in [2.75, 3.05) is 13.6 Å². The van der Waals surface area contributed by atoms with Crippen LogP contribution in [0.3, 0.4) is 0 Å². The van der Waals surface area contributed by atoms with Crippen LogP contribution in [0.1, 0.15) is 55.2 Å². The van der Waals surface area contributed by atoms with E-state index < -0.39 is 0 Å². The number of nitriles is 1. The molecular weight excluding hydrogens is 399 g/mol. The average molecular weight is 431 g/mol. The predicted molar refractivity (Wildman–Crippen MR) is 125 cm³/mol. The second-order valence-electron chi connectivity index (χ2n) is 7.78. The molecule has 0 N–H and O–H groups in total. The van der Waals surface area contributed by atoms with Gasteiger partial charge in [0.2, 0.25) is 0 Å². The monoisotopic (exact) mass is 430 g/mol. The first-order valence-electron chi connectivity index (χ1n) is 10.5. The van der Waals surface area contributed by atoms with E-state index in [1.165, 1.54) is 30.0 Å². The second-order valence-corrected chi connectivity index (χ2v) is 8.90. The van der Waals surface area contributed by atoms with E-state index in [0.717, 1.165) is 38.8 Å². The Kier molecular flexibility index (Phi) is 10.6. The third-order valence-corrected chi connectivity index (χ3v) is 6.38. The van der Waals surface area contributed by atoms with Gasteiger partial charge in [-0.05, 0) is 56.0 Å².